The number of aromatic nitrogens is 2. The van der Waals surface area contributed by atoms with Gasteiger partial charge in [0, 0.05) is 33.9 Å². The van der Waals surface area contributed by atoms with Crippen molar-refractivity contribution in [3.63, 3.8) is 0 Å². The van der Waals surface area contributed by atoms with Crippen LogP contribution in [0.4, 0.5) is 0 Å². The first kappa shape index (κ1) is 13.8. The monoisotopic (exact) mass is 298 g/mol. The van der Waals surface area contributed by atoms with Crippen LogP contribution in [0.25, 0.3) is 16.5 Å². The molecule has 3 nitrogen and oxygen atoms in total. The third-order valence-corrected chi connectivity index (χ3v) is 3.98. The number of aryl methyl sites for hydroxylation is 1. The average Bonchev–Trinajstić information content (AvgIpc) is 2.81. The summed E-state index contributed by atoms with van der Waals surface area (Å²) in [6.07, 6.45) is 3.68. The molecule has 106 valence electrons. The Morgan fingerprint density at radius 1 is 1.24 bits per heavy atom. The van der Waals surface area contributed by atoms with Crippen LogP contribution < -0.4 is 0 Å². The molecule has 0 radical (unpaired) electrons. The van der Waals surface area contributed by atoms with Crippen LogP contribution in [0.15, 0.2) is 42.7 Å². The van der Waals surface area contributed by atoms with Crippen LogP contribution in [0.2, 0.25) is 0 Å². The zero-order chi connectivity index (χ0) is 15.0. The summed E-state index contributed by atoms with van der Waals surface area (Å²) in [6, 6.07) is 9.98. The van der Waals surface area contributed by atoms with Gasteiger partial charge in [-0.3, -0.25) is 9.78 Å². The van der Waals surface area contributed by atoms with E-state index in [0.717, 1.165) is 27.8 Å². The molecule has 1 aromatic carbocycles. The summed E-state index contributed by atoms with van der Waals surface area (Å²) in [5, 5.41) is 2.19. The second-order valence-electron chi connectivity index (χ2n) is 5.06. The van der Waals surface area contributed by atoms with Crippen molar-refractivity contribution in [1.82, 2.24) is 9.55 Å². The van der Waals surface area contributed by atoms with Crippen molar-refractivity contribution in [3.05, 3.63) is 59.7 Å². The maximum atomic E-state index is 11.9. The summed E-state index contributed by atoms with van der Waals surface area (Å²) in [4.78, 5) is 16.2. The van der Waals surface area contributed by atoms with Gasteiger partial charge in [-0.2, -0.15) is 0 Å². The second kappa shape index (κ2) is 5.34. The van der Waals surface area contributed by atoms with E-state index in [9.17, 15) is 4.79 Å². The topological polar surface area (TPSA) is 34.9 Å². The third-order valence-electron chi connectivity index (χ3n) is 3.74. The third kappa shape index (κ3) is 2.24. The Balaban J connectivity index is 2.29. The highest BCUT2D eigenvalue weighted by atomic mass is 35.5. The van der Waals surface area contributed by atoms with Gasteiger partial charge in [0.15, 0.2) is 5.78 Å². The number of hydrogen-bond donors (Lipinski definition) is 0. The van der Waals surface area contributed by atoms with E-state index in [4.69, 9.17) is 11.6 Å². The van der Waals surface area contributed by atoms with Gasteiger partial charge >= 0.3 is 0 Å². The summed E-state index contributed by atoms with van der Waals surface area (Å²) in [6.45, 7) is 3.92. The van der Waals surface area contributed by atoms with E-state index >= 15 is 0 Å². The predicted octanol–water partition coefficient (Wildman–Crippen LogP) is 4.06. The van der Waals surface area contributed by atoms with Crippen LogP contribution in [0.1, 0.15) is 21.7 Å². The predicted molar refractivity (Wildman–Crippen MR) is 85.6 cm³/mol. The first-order valence-electron chi connectivity index (χ1n) is 6.74. The average molecular weight is 299 g/mol. The van der Waals surface area contributed by atoms with E-state index in [-0.39, 0.29) is 11.7 Å². The summed E-state index contributed by atoms with van der Waals surface area (Å²) in [5.74, 6) is -0.0536. The van der Waals surface area contributed by atoms with Gasteiger partial charge in [0.05, 0.1) is 17.8 Å². The van der Waals surface area contributed by atoms with Gasteiger partial charge < -0.3 is 4.57 Å². The number of halogens is 1. The first-order valence-corrected chi connectivity index (χ1v) is 7.28. The Kier molecular flexibility index (Phi) is 3.52. The number of carbonyl (C=O) groups is 1. The molecule has 0 aliphatic rings. The maximum Gasteiger partial charge on any atom is 0.179 e. The number of rotatable bonds is 3. The highest BCUT2D eigenvalue weighted by molar-refractivity contribution is 6.30. The number of Topliss-reactive ketones (excluding diaryl/α,β-unsaturated/α-hetero) is 1. The molecular formula is C17H15ClN2O. The molecule has 0 unspecified atom stereocenters. The number of benzene rings is 1. The maximum absolute atomic E-state index is 11.9. The van der Waals surface area contributed by atoms with Crippen molar-refractivity contribution in [2.75, 3.05) is 5.88 Å². The van der Waals surface area contributed by atoms with Gasteiger partial charge in [-0.15, -0.1) is 11.6 Å². The molecule has 4 heteroatoms. The molecule has 21 heavy (non-hydrogen) atoms. The van der Waals surface area contributed by atoms with Gasteiger partial charge in [0.1, 0.15) is 0 Å². The van der Waals surface area contributed by atoms with Crippen LogP contribution in [0.5, 0.6) is 0 Å². The summed E-state index contributed by atoms with van der Waals surface area (Å²) in [5.41, 5.74) is 3.56. The van der Waals surface area contributed by atoms with Crippen LogP contribution in [0, 0.1) is 13.8 Å². The Labute approximate surface area is 128 Å². The number of alkyl halides is 1. The molecule has 0 saturated carbocycles. The standard InChI is InChI=1S/C17H15ClN2O/c1-11-7-15(17(21)8-18)12(2)20(11)16-10-19-9-13-5-3-4-6-14(13)16/h3-7,9-10H,8H2,1-2H3. The van der Waals surface area contributed by atoms with Crippen molar-refractivity contribution in [2.45, 2.75) is 13.8 Å². The van der Waals surface area contributed by atoms with Crippen LogP contribution in [-0.4, -0.2) is 21.2 Å². The molecule has 0 bridgehead atoms. The molecule has 0 N–H and O–H groups in total. The molecule has 2 heterocycles. The highest BCUT2D eigenvalue weighted by Gasteiger charge is 2.17. The number of pyridine rings is 1. The molecule has 0 aliphatic heterocycles. The van der Waals surface area contributed by atoms with Crippen LogP contribution in [0.3, 0.4) is 0 Å². The lowest BCUT2D eigenvalue weighted by Gasteiger charge is -2.12. The summed E-state index contributed by atoms with van der Waals surface area (Å²) < 4.78 is 2.06. The fourth-order valence-electron chi connectivity index (χ4n) is 2.77. The van der Waals surface area contributed by atoms with Crippen molar-refractivity contribution in [3.8, 4) is 5.69 Å². The zero-order valence-corrected chi connectivity index (χ0v) is 12.7. The Bertz CT molecular complexity index is 831. The minimum atomic E-state index is -0.0517. The Morgan fingerprint density at radius 2 is 2.00 bits per heavy atom. The molecule has 0 amide bonds. The van der Waals surface area contributed by atoms with E-state index in [2.05, 4.69) is 15.6 Å². The van der Waals surface area contributed by atoms with Gasteiger partial charge in [0.25, 0.3) is 0 Å². The number of carbonyl (C=O) groups excluding carboxylic acids is 1. The molecule has 0 aliphatic carbocycles. The van der Waals surface area contributed by atoms with Crippen LogP contribution >= 0.6 is 11.6 Å². The van der Waals surface area contributed by atoms with Gasteiger partial charge in [-0.05, 0) is 19.9 Å². The minimum Gasteiger partial charge on any atom is -0.316 e. The van der Waals surface area contributed by atoms with Gasteiger partial charge in [-0.1, -0.05) is 24.3 Å². The second-order valence-corrected chi connectivity index (χ2v) is 5.32. The van der Waals surface area contributed by atoms with Crippen molar-refractivity contribution in [2.24, 2.45) is 0 Å². The quantitative estimate of drug-likeness (QED) is 0.540. The fraction of sp³-hybridized carbons (Fsp3) is 0.176. The largest absolute Gasteiger partial charge is 0.316 e. The number of nitrogens with zero attached hydrogens (tertiary/aromatic N) is 2. The number of fused-ring (bicyclic) bond motifs is 1. The summed E-state index contributed by atoms with van der Waals surface area (Å²) >= 11 is 5.69. The van der Waals surface area contributed by atoms with Gasteiger partial charge in [-0.25, -0.2) is 0 Å². The highest BCUT2D eigenvalue weighted by Crippen LogP contribution is 2.26. The molecule has 0 saturated heterocycles. The smallest absolute Gasteiger partial charge is 0.179 e. The molecule has 2 aromatic heterocycles. The van der Waals surface area contributed by atoms with E-state index in [1.165, 1.54) is 0 Å². The van der Waals surface area contributed by atoms with E-state index in [0.29, 0.717) is 5.56 Å². The first-order chi connectivity index (χ1) is 10.1. The van der Waals surface area contributed by atoms with Crippen molar-refractivity contribution < 1.29 is 4.79 Å². The molecule has 3 rings (SSSR count). The van der Waals surface area contributed by atoms with E-state index < -0.39 is 0 Å². The SMILES string of the molecule is Cc1cc(C(=O)CCl)c(C)n1-c1cncc2ccccc12. The molecule has 0 fully saturated rings. The van der Waals surface area contributed by atoms with Crippen molar-refractivity contribution in [1.29, 1.82) is 0 Å². The minimum absolute atomic E-state index is 0.00190. The molecule has 3 aromatic rings. The van der Waals surface area contributed by atoms with E-state index in [1.54, 1.807) is 0 Å². The Morgan fingerprint density at radius 3 is 2.76 bits per heavy atom. The van der Waals surface area contributed by atoms with Crippen molar-refractivity contribution >= 4 is 28.2 Å². The fourth-order valence-corrected chi connectivity index (χ4v) is 2.91. The molecular weight excluding hydrogens is 284 g/mol. The van der Waals surface area contributed by atoms with Gasteiger partial charge in [0.2, 0.25) is 0 Å². The lowest BCUT2D eigenvalue weighted by atomic mass is 10.1. The van der Waals surface area contributed by atoms with Crippen LogP contribution in [-0.2, 0) is 0 Å². The summed E-state index contributed by atoms with van der Waals surface area (Å²) in [7, 11) is 0. The lowest BCUT2D eigenvalue weighted by Crippen LogP contribution is -2.05. The number of hydrogen-bond acceptors (Lipinski definition) is 2. The normalized spacial score (nSPS) is 11.0. The molecule has 0 atom stereocenters. The Hall–Kier alpha value is -2.13. The van der Waals surface area contributed by atoms with E-state index in [1.807, 2.05) is 50.5 Å². The molecule has 0 spiro atoms. The number of ketones is 1. The lowest BCUT2D eigenvalue weighted by molar-refractivity contribution is 0.102. The zero-order valence-electron chi connectivity index (χ0n) is 11.9.